The second-order valence-corrected chi connectivity index (χ2v) is 9.55. The van der Waals surface area contributed by atoms with Crippen molar-refractivity contribution in [2.75, 3.05) is 0 Å². The van der Waals surface area contributed by atoms with Crippen LogP contribution in [0.5, 0.6) is 0 Å². The van der Waals surface area contributed by atoms with Crippen LogP contribution in [0.3, 0.4) is 0 Å². The van der Waals surface area contributed by atoms with Crippen LogP contribution >= 0.6 is 0 Å². The smallest absolute Gasteiger partial charge is 0.251 e. The molecule has 2 aromatic heterocycles. The highest BCUT2D eigenvalue weighted by atomic mass is 16.3. The lowest BCUT2D eigenvalue weighted by molar-refractivity contribution is 0.0950. The lowest BCUT2D eigenvalue weighted by Crippen LogP contribution is -2.25. The maximum absolute atomic E-state index is 12.9. The molecule has 4 nitrogen and oxygen atoms in total. The molecule has 0 radical (unpaired) electrons. The van der Waals surface area contributed by atoms with Crippen molar-refractivity contribution in [3.8, 4) is 11.3 Å². The largest absolute Gasteiger partial charge is 0.472 e. The summed E-state index contributed by atoms with van der Waals surface area (Å²) >= 11 is 0. The van der Waals surface area contributed by atoms with Gasteiger partial charge in [0.1, 0.15) is 0 Å². The maximum atomic E-state index is 12.9. The summed E-state index contributed by atoms with van der Waals surface area (Å²) in [6.45, 7) is 13.5. The summed E-state index contributed by atoms with van der Waals surface area (Å²) < 4.78 is 5.10. The number of rotatable bonds is 4. The molecule has 152 valence electrons. The van der Waals surface area contributed by atoms with Crippen molar-refractivity contribution in [2.45, 2.75) is 58.9 Å². The fourth-order valence-corrected chi connectivity index (χ4v) is 3.02. The number of hydrogen-bond donors (Lipinski definition) is 1. The molecule has 0 aliphatic heterocycles. The predicted molar refractivity (Wildman–Crippen MR) is 117 cm³/mol. The molecule has 4 heteroatoms. The van der Waals surface area contributed by atoms with E-state index in [1.807, 2.05) is 30.3 Å². The van der Waals surface area contributed by atoms with Crippen molar-refractivity contribution in [1.29, 1.82) is 0 Å². The summed E-state index contributed by atoms with van der Waals surface area (Å²) in [5.74, 6) is -0.0690. The average molecular weight is 391 g/mol. The minimum Gasteiger partial charge on any atom is -0.472 e. The normalized spacial score (nSPS) is 12.1. The van der Waals surface area contributed by atoms with Crippen LogP contribution in [-0.4, -0.2) is 10.9 Å². The molecule has 0 bridgehead atoms. The fourth-order valence-electron chi connectivity index (χ4n) is 3.02. The van der Waals surface area contributed by atoms with Crippen LogP contribution in [-0.2, 0) is 17.4 Å². The number of hydrogen-bond acceptors (Lipinski definition) is 3. The van der Waals surface area contributed by atoms with Crippen molar-refractivity contribution >= 4 is 5.91 Å². The number of aromatic nitrogens is 1. The third-order valence-corrected chi connectivity index (χ3v) is 5.02. The van der Waals surface area contributed by atoms with Crippen LogP contribution in [0.1, 0.15) is 68.6 Å². The maximum Gasteiger partial charge on any atom is 0.251 e. The van der Waals surface area contributed by atoms with Gasteiger partial charge in [0.25, 0.3) is 5.91 Å². The molecule has 1 N–H and O–H groups in total. The monoisotopic (exact) mass is 390 g/mol. The Morgan fingerprint density at radius 1 is 0.966 bits per heavy atom. The average Bonchev–Trinajstić information content (AvgIpc) is 3.19. The van der Waals surface area contributed by atoms with Gasteiger partial charge in [-0.1, -0.05) is 53.7 Å². The summed E-state index contributed by atoms with van der Waals surface area (Å²) in [5.41, 5.74) is 5.73. The molecule has 0 saturated carbocycles. The summed E-state index contributed by atoms with van der Waals surface area (Å²) in [6, 6.07) is 12.0. The summed E-state index contributed by atoms with van der Waals surface area (Å²) in [5, 5.41) is 3.03. The van der Waals surface area contributed by atoms with Crippen LogP contribution in [0.2, 0.25) is 0 Å². The second-order valence-electron chi connectivity index (χ2n) is 9.55. The van der Waals surface area contributed by atoms with Gasteiger partial charge in [0.15, 0.2) is 0 Å². The van der Waals surface area contributed by atoms with Crippen LogP contribution in [0, 0.1) is 0 Å². The number of benzene rings is 1. The summed E-state index contributed by atoms with van der Waals surface area (Å²) in [6.07, 6.45) is 5.08. The zero-order valence-electron chi connectivity index (χ0n) is 18.2. The topological polar surface area (TPSA) is 55.1 Å². The number of nitrogens with one attached hydrogen (secondary N) is 1. The molecule has 3 aromatic rings. The highest BCUT2D eigenvalue weighted by Crippen LogP contribution is 2.30. The SMILES string of the molecule is CC(C)(C)c1cc(C(=O)NCc2ccc(-c3ccoc3)nc2)cc(C(C)(C)C)c1. The fraction of sp³-hybridized carbons (Fsp3) is 0.360. The van der Waals surface area contributed by atoms with E-state index in [1.165, 1.54) is 11.1 Å². The number of pyridine rings is 1. The molecule has 0 spiro atoms. The molecule has 2 heterocycles. The zero-order chi connectivity index (χ0) is 21.2. The van der Waals surface area contributed by atoms with Gasteiger partial charge in [0.2, 0.25) is 0 Å². The minimum absolute atomic E-state index is 0.0247. The van der Waals surface area contributed by atoms with Crippen molar-refractivity contribution in [2.24, 2.45) is 0 Å². The minimum atomic E-state index is -0.0690. The molecule has 0 aliphatic carbocycles. The van der Waals surface area contributed by atoms with E-state index in [0.29, 0.717) is 12.1 Å². The van der Waals surface area contributed by atoms with Gasteiger partial charge in [-0.15, -0.1) is 0 Å². The van der Waals surface area contributed by atoms with Gasteiger partial charge < -0.3 is 9.73 Å². The van der Waals surface area contributed by atoms with Crippen molar-refractivity contribution in [3.63, 3.8) is 0 Å². The van der Waals surface area contributed by atoms with E-state index in [1.54, 1.807) is 18.7 Å². The van der Waals surface area contributed by atoms with E-state index in [4.69, 9.17) is 4.42 Å². The number of carbonyl (C=O) groups excluding carboxylic acids is 1. The van der Waals surface area contributed by atoms with E-state index in [2.05, 4.69) is 57.9 Å². The first-order chi connectivity index (χ1) is 13.5. The summed E-state index contributed by atoms with van der Waals surface area (Å²) in [4.78, 5) is 17.3. The van der Waals surface area contributed by atoms with Gasteiger partial charge in [-0.25, -0.2) is 0 Å². The van der Waals surface area contributed by atoms with Crippen molar-refractivity contribution in [1.82, 2.24) is 10.3 Å². The van der Waals surface area contributed by atoms with Crippen LogP contribution in [0.25, 0.3) is 11.3 Å². The highest BCUT2D eigenvalue weighted by molar-refractivity contribution is 5.94. The molecule has 0 saturated heterocycles. The lowest BCUT2D eigenvalue weighted by Gasteiger charge is -2.26. The van der Waals surface area contributed by atoms with Gasteiger partial charge in [-0.3, -0.25) is 9.78 Å². The highest BCUT2D eigenvalue weighted by Gasteiger charge is 2.22. The quantitative estimate of drug-likeness (QED) is 0.606. The van der Waals surface area contributed by atoms with E-state index in [0.717, 1.165) is 16.8 Å². The van der Waals surface area contributed by atoms with Crippen molar-refractivity contribution in [3.05, 3.63) is 77.4 Å². The standard InChI is InChI=1S/C25H30N2O2/c1-24(2,3)20-11-19(12-21(13-20)25(4,5)6)23(28)27-15-17-7-8-22(26-14-17)18-9-10-29-16-18/h7-14,16H,15H2,1-6H3,(H,27,28). The molecule has 0 unspecified atom stereocenters. The molecular weight excluding hydrogens is 360 g/mol. The van der Waals surface area contributed by atoms with Gasteiger partial charge >= 0.3 is 0 Å². The van der Waals surface area contributed by atoms with Crippen LogP contribution in [0.4, 0.5) is 0 Å². The molecule has 0 aliphatic rings. The molecule has 0 atom stereocenters. The Kier molecular flexibility index (Phi) is 5.65. The molecule has 0 fully saturated rings. The molecular formula is C25H30N2O2. The van der Waals surface area contributed by atoms with Gasteiger partial charge in [0, 0.05) is 23.9 Å². The first kappa shape index (κ1) is 20.8. The number of nitrogens with zero attached hydrogens (tertiary/aromatic N) is 1. The van der Waals surface area contributed by atoms with E-state index in [9.17, 15) is 4.79 Å². The third-order valence-electron chi connectivity index (χ3n) is 5.02. The number of amides is 1. The Hall–Kier alpha value is -2.88. The molecule has 1 aromatic carbocycles. The first-order valence-electron chi connectivity index (χ1n) is 9.96. The van der Waals surface area contributed by atoms with Crippen LogP contribution < -0.4 is 5.32 Å². The van der Waals surface area contributed by atoms with E-state index in [-0.39, 0.29) is 16.7 Å². The predicted octanol–water partition coefficient (Wildman–Crippen LogP) is 5.87. The van der Waals surface area contributed by atoms with E-state index < -0.39 is 0 Å². The van der Waals surface area contributed by atoms with Gasteiger partial charge in [0.05, 0.1) is 18.2 Å². The molecule has 29 heavy (non-hydrogen) atoms. The first-order valence-corrected chi connectivity index (χ1v) is 9.96. The Bertz CT molecular complexity index is 941. The van der Waals surface area contributed by atoms with Crippen molar-refractivity contribution < 1.29 is 9.21 Å². The Morgan fingerprint density at radius 3 is 2.10 bits per heavy atom. The van der Waals surface area contributed by atoms with Gasteiger partial charge in [-0.2, -0.15) is 0 Å². The Labute approximate surface area is 173 Å². The Balaban J connectivity index is 1.76. The van der Waals surface area contributed by atoms with Crippen LogP contribution in [0.15, 0.2) is 59.5 Å². The zero-order valence-corrected chi connectivity index (χ0v) is 18.2. The third kappa shape index (κ3) is 5.14. The van der Waals surface area contributed by atoms with Gasteiger partial charge in [-0.05, 0) is 51.8 Å². The molecule has 1 amide bonds. The summed E-state index contributed by atoms with van der Waals surface area (Å²) in [7, 11) is 0. The van der Waals surface area contributed by atoms with E-state index >= 15 is 0 Å². The number of furan rings is 1. The molecule has 3 rings (SSSR count). The Morgan fingerprint density at radius 2 is 1.62 bits per heavy atom. The second kappa shape index (κ2) is 7.86. The lowest BCUT2D eigenvalue weighted by atomic mass is 9.79. The number of carbonyl (C=O) groups is 1.